The Morgan fingerprint density at radius 2 is 0.897 bits per heavy atom. The third-order valence-electron chi connectivity index (χ3n) is 11.9. The Morgan fingerprint density at radius 3 is 1.50 bits per heavy atom. The SMILES string of the molecule is CC(/C=C(\NC(N)n1c2ccccc2c2ccc3c4ccccc4n(-c4ccccc4)c3c21)c1ccc(-n2c3ccccc3c3ccccc32)cc1)c1ccccc1. The minimum atomic E-state index is -0.610. The van der Waals surface area contributed by atoms with Crippen LogP contribution in [0.25, 0.3) is 82.5 Å². The summed E-state index contributed by atoms with van der Waals surface area (Å²) in [6.07, 6.45) is 1.70. The monoisotopic (exact) mass is 747 g/mol. The number of nitrogens with zero attached hydrogens (tertiary/aromatic N) is 3. The van der Waals surface area contributed by atoms with E-state index in [1.165, 1.54) is 48.9 Å². The maximum absolute atomic E-state index is 7.53. The average molecular weight is 748 g/mol. The predicted octanol–water partition coefficient (Wildman–Crippen LogP) is 12.8. The van der Waals surface area contributed by atoms with Crippen LogP contribution < -0.4 is 11.1 Å². The minimum Gasteiger partial charge on any atom is -0.353 e. The second-order valence-corrected chi connectivity index (χ2v) is 15.2. The maximum Gasteiger partial charge on any atom is 0.157 e. The molecule has 0 aliphatic rings. The zero-order valence-electron chi connectivity index (χ0n) is 32.1. The Balaban J connectivity index is 1.09. The van der Waals surface area contributed by atoms with E-state index in [-0.39, 0.29) is 5.92 Å². The first-order chi connectivity index (χ1) is 28.6. The van der Waals surface area contributed by atoms with E-state index < -0.39 is 6.29 Å². The van der Waals surface area contributed by atoms with Crippen LogP contribution in [0, 0.1) is 0 Å². The Labute approximate surface area is 336 Å². The largest absolute Gasteiger partial charge is 0.353 e. The Bertz CT molecular complexity index is 3280. The maximum atomic E-state index is 7.53. The van der Waals surface area contributed by atoms with Crippen LogP contribution in [0.15, 0.2) is 200 Å². The molecule has 8 aromatic carbocycles. The van der Waals surface area contributed by atoms with Crippen molar-refractivity contribution < 1.29 is 0 Å². The number of benzene rings is 8. The summed E-state index contributed by atoms with van der Waals surface area (Å²) >= 11 is 0. The van der Waals surface area contributed by atoms with E-state index in [1.54, 1.807) is 0 Å². The number of nitrogens with one attached hydrogen (secondary N) is 1. The van der Waals surface area contributed by atoms with Gasteiger partial charge in [-0.15, -0.1) is 0 Å². The number of nitrogens with two attached hydrogens (primary N) is 1. The molecule has 0 amide bonds. The van der Waals surface area contributed by atoms with Gasteiger partial charge in [-0.1, -0.05) is 159 Å². The van der Waals surface area contributed by atoms with Crippen molar-refractivity contribution >= 4 is 71.1 Å². The van der Waals surface area contributed by atoms with Gasteiger partial charge in [-0.3, -0.25) is 5.73 Å². The highest BCUT2D eigenvalue weighted by molar-refractivity contribution is 6.23. The summed E-state index contributed by atoms with van der Waals surface area (Å²) in [5, 5.41) is 11.1. The van der Waals surface area contributed by atoms with Crippen molar-refractivity contribution in [3.8, 4) is 11.4 Å². The van der Waals surface area contributed by atoms with Crippen molar-refractivity contribution in [2.45, 2.75) is 19.1 Å². The molecule has 0 saturated carbocycles. The molecule has 5 heteroatoms. The van der Waals surface area contributed by atoms with Crippen LogP contribution in [-0.2, 0) is 0 Å². The number of allylic oxidation sites excluding steroid dienone is 1. The smallest absolute Gasteiger partial charge is 0.157 e. The van der Waals surface area contributed by atoms with Gasteiger partial charge in [0.15, 0.2) is 6.29 Å². The van der Waals surface area contributed by atoms with E-state index in [1.807, 2.05) is 0 Å². The molecule has 11 aromatic rings. The van der Waals surface area contributed by atoms with E-state index >= 15 is 0 Å². The lowest BCUT2D eigenvalue weighted by Gasteiger charge is -2.24. The van der Waals surface area contributed by atoms with Crippen molar-refractivity contribution in [3.63, 3.8) is 0 Å². The molecule has 3 N–H and O–H groups in total. The van der Waals surface area contributed by atoms with Gasteiger partial charge in [-0.2, -0.15) is 0 Å². The van der Waals surface area contributed by atoms with Gasteiger partial charge in [0.05, 0.1) is 33.1 Å². The molecule has 0 fully saturated rings. The minimum absolute atomic E-state index is 0.124. The summed E-state index contributed by atoms with van der Waals surface area (Å²) in [7, 11) is 0. The van der Waals surface area contributed by atoms with E-state index in [0.29, 0.717) is 0 Å². The summed E-state index contributed by atoms with van der Waals surface area (Å²) in [4.78, 5) is 0. The molecule has 0 spiro atoms. The molecule has 278 valence electrons. The third kappa shape index (κ3) is 5.36. The standard InChI is InChI=1S/C53H41N5/c1-35(36-16-4-2-5-17-36)34-46(37-28-30-39(31-29-37)56-47-24-12-8-20-40(47)41-21-9-13-25-48(41)56)55-53(54)58-50-27-15-11-23-43(50)45-33-32-44-42-22-10-14-26-49(42)57(51(44)52(45)58)38-18-6-3-7-19-38/h2-35,53,55H,54H2,1H3/b46-34-. The van der Waals surface area contributed by atoms with E-state index in [9.17, 15) is 0 Å². The van der Waals surface area contributed by atoms with Gasteiger partial charge < -0.3 is 19.0 Å². The van der Waals surface area contributed by atoms with Gasteiger partial charge in [0.1, 0.15) is 0 Å². The van der Waals surface area contributed by atoms with Crippen LogP contribution in [0.5, 0.6) is 0 Å². The fourth-order valence-corrected chi connectivity index (χ4v) is 9.21. The lowest BCUT2D eigenvalue weighted by molar-refractivity contribution is 0.508. The number of hydrogen-bond donors (Lipinski definition) is 2. The molecule has 5 nitrogen and oxygen atoms in total. The second kappa shape index (κ2) is 13.7. The average Bonchev–Trinajstić information content (AvgIpc) is 3.93. The molecule has 0 saturated heterocycles. The summed E-state index contributed by atoms with van der Waals surface area (Å²) in [6.45, 7) is 2.25. The number of aromatic nitrogens is 3. The normalized spacial score (nSPS) is 13.3. The van der Waals surface area contributed by atoms with Crippen LogP contribution >= 0.6 is 0 Å². The molecule has 3 aromatic heterocycles. The highest BCUT2D eigenvalue weighted by Gasteiger charge is 2.23. The first-order valence-corrected chi connectivity index (χ1v) is 20.0. The van der Waals surface area contributed by atoms with Crippen LogP contribution in [0.1, 0.15) is 30.3 Å². The highest BCUT2D eigenvalue weighted by Crippen LogP contribution is 2.41. The lowest BCUT2D eigenvalue weighted by atomic mass is 9.98. The first-order valence-electron chi connectivity index (χ1n) is 20.0. The molecule has 0 bridgehead atoms. The fraction of sp³-hybridized carbons (Fsp3) is 0.0566. The zero-order chi connectivity index (χ0) is 38.7. The van der Waals surface area contributed by atoms with Gasteiger partial charge in [0.2, 0.25) is 0 Å². The molecule has 0 aliphatic carbocycles. The summed E-state index contributed by atoms with van der Waals surface area (Å²) in [5.74, 6) is 0.124. The first kappa shape index (κ1) is 34.0. The third-order valence-corrected chi connectivity index (χ3v) is 11.9. The van der Waals surface area contributed by atoms with Gasteiger partial charge >= 0.3 is 0 Å². The molecule has 58 heavy (non-hydrogen) atoms. The predicted molar refractivity (Wildman–Crippen MR) is 244 cm³/mol. The highest BCUT2D eigenvalue weighted by atomic mass is 15.3. The van der Waals surface area contributed by atoms with Gasteiger partial charge in [0.25, 0.3) is 0 Å². The topological polar surface area (TPSA) is 52.8 Å². The van der Waals surface area contributed by atoms with Crippen LogP contribution in [0.3, 0.4) is 0 Å². The molecule has 2 unspecified atom stereocenters. The van der Waals surface area contributed by atoms with Crippen LogP contribution in [0.4, 0.5) is 0 Å². The van der Waals surface area contributed by atoms with Gasteiger partial charge in [-0.05, 0) is 59.7 Å². The van der Waals surface area contributed by atoms with E-state index in [4.69, 9.17) is 5.73 Å². The summed E-state index contributed by atoms with van der Waals surface area (Å²) in [5.41, 5.74) is 19.9. The van der Waals surface area contributed by atoms with Crippen LogP contribution in [-0.4, -0.2) is 13.7 Å². The van der Waals surface area contributed by atoms with Crippen molar-refractivity contribution in [2.24, 2.45) is 5.73 Å². The van der Waals surface area contributed by atoms with Crippen molar-refractivity contribution in [2.75, 3.05) is 0 Å². The van der Waals surface area contributed by atoms with Crippen molar-refractivity contribution in [3.05, 3.63) is 211 Å². The number of fused-ring (bicyclic) bond motifs is 10. The second-order valence-electron chi connectivity index (χ2n) is 15.2. The molecule has 0 radical (unpaired) electrons. The Hall–Kier alpha value is -7.34. The summed E-state index contributed by atoms with van der Waals surface area (Å²) < 4.78 is 7.06. The van der Waals surface area contributed by atoms with Crippen LogP contribution in [0.2, 0.25) is 0 Å². The molecular formula is C53H41N5. The number of rotatable bonds is 8. The Morgan fingerprint density at radius 1 is 0.448 bits per heavy atom. The zero-order valence-corrected chi connectivity index (χ0v) is 32.1. The molecular weight excluding hydrogens is 707 g/mol. The van der Waals surface area contributed by atoms with Crippen molar-refractivity contribution in [1.82, 2.24) is 19.0 Å². The molecule has 3 heterocycles. The van der Waals surface area contributed by atoms with E-state index in [0.717, 1.165) is 44.7 Å². The van der Waals surface area contributed by atoms with Crippen molar-refractivity contribution in [1.29, 1.82) is 0 Å². The molecule has 11 rings (SSSR count). The quantitative estimate of drug-likeness (QED) is 0.152. The fourth-order valence-electron chi connectivity index (χ4n) is 9.21. The summed E-state index contributed by atoms with van der Waals surface area (Å²) in [6, 6.07) is 69.4. The van der Waals surface area contributed by atoms with E-state index in [2.05, 4.69) is 226 Å². The van der Waals surface area contributed by atoms with Gasteiger partial charge in [0, 0.05) is 55.3 Å². The lowest BCUT2D eigenvalue weighted by Crippen LogP contribution is -2.33. The molecule has 2 atom stereocenters. The Kier molecular flexibility index (Phi) is 8.02. The number of para-hydroxylation sites is 5. The molecule has 0 aliphatic heterocycles. The van der Waals surface area contributed by atoms with Gasteiger partial charge in [-0.25, -0.2) is 0 Å². The number of hydrogen-bond acceptors (Lipinski definition) is 2.